The maximum atomic E-state index is 11.8. The van der Waals surface area contributed by atoms with Crippen LogP contribution in [0.3, 0.4) is 0 Å². The first-order valence-electron chi connectivity index (χ1n) is 6.18. The molecule has 0 atom stereocenters. The average molecular weight is 314 g/mol. The van der Waals surface area contributed by atoms with E-state index < -0.39 is 11.9 Å². The summed E-state index contributed by atoms with van der Waals surface area (Å²) in [5, 5.41) is 5.00. The molecule has 0 unspecified atom stereocenters. The second kappa shape index (κ2) is 8.21. The van der Waals surface area contributed by atoms with Crippen molar-refractivity contribution < 1.29 is 19.1 Å². The summed E-state index contributed by atoms with van der Waals surface area (Å²) in [7, 11) is 1.42. The zero-order chi connectivity index (χ0) is 15.8. The summed E-state index contributed by atoms with van der Waals surface area (Å²) in [6, 6.07) is 3.23. The normalized spacial score (nSPS) is 11.0. The van der Waals surface area contributed by atoms with Crippen LogP contribution in [0.5, 0.6) is 5.75 Å². The van der Waals surface area contributed by atoms with E-state index in [9.17, 15) is 9.59 Å². The van der Waals surface area contributed by atoms with E-state index in [0.29, 0.717) is 5.75 Å². The Morgan fingerprint density at radius 1 is 1.48 bits per heavy atom. The van der Waals surface area contributed by atoms with E-state index in [-0.39, 0.29) is 24.1 Å². The zero-order valence-corrected chi connectivity index (χ0v) is 12.8. The van der Waals surface area contributed by atoms with Crippen molar-refractivity contribution >= 4 is 29.2 Å². The van der Waals surface area contributed by atoms with Gasteiger partial charge in [0.2, 0.25) is 0 Å². The average Bonchev–Trinajstić information content (AvgIpc) is 2.46. The molecule has 1 heterocycles. The van der Waals surface area contributed by atoms with Gasteiger partial charge in [-0.05, 0) is 26.0 Å². The second-order valence-electron chi connectivity index (χ2n) is 3.90. The summed E-state index contributed by atoms with van der Waals surface area (Å²) in [6.45, 7) is 3.11. The molecule has 21 heavy (non-hydrogen) atoms. The number of carbonyl (C=O) groups excluding carboxylic acids is 2. The van der Waals surface area contributed by atoms with Crippen LogP contribution in [0.2, 0.25) is 5.15 Å². The number of hydrogen-bond donors (Lipinski definition) is 0. The fraction of sp³-hybridized carbons (Fsp3) is 0.385. The fourth-order valence-corrected chi connectivity index (χ4v) is 1.44. The Hall–Kier alpha value is -2.15. The largest absolute Gasteiger partial charge is 0.480 e. The molecule has 0 saturated heterocycles. The van der Waals surface area contributed by atoms with Crippen molar-refractivity contribution in [2.24, 2.45) is 5.10 Å². The third kappa shape index (κ3) is 5.39. The van der Waals surface area contributed by atoms with Gasteiger partial charge in [-0.1, -0.05) is 11.6 Å². The summed E-state index contributed by atoms with van der Waals surface area (Å²) < 4.78 is 10.0. The molecule has 0 spiro atoms. The minimum Gasteiger partial charge on any atom is -0.480 e. The van der Waals surface area contributed by atoms with Crippen molar-refractivity contribution in [2.75, 3.05) is 20.3 Å². The van der Waals surface area contributed by atoms with Crippen LogP contribution in [0.25, 0.3) is 0 Å². The van der Waals surface area contributed by atoms with E-state index in [1.54, 1.807) is 19.1 Å². The van der Waals surface area contributed by atoms with Crippen LogP contribution in [0.15, 0.2) is 23.4 Å². The van der Waals surface area contributed by atoms with Crippen molar-refractivity contribution in [2.45, 2.75) is 13.8 Å². The van der Waals surface area contributed by atoms with Crippen molar-refractivity contribution in [3.8, 4) is 5.75 Å². The van der Waals surface area contributed by atoms with Crippen LogP contribution < -0.4 is 4.74 Å². The molecule has 1 aromatic rings. The number of likely N-dealkylation sites (N-methyl/N-ethyl adjacent to an activating group) is 1. The molecule has 1 rings (SSSR count). The van der Waals surface area contributed by atoms with Crippen LogP contribution in [-0.2, 0) is 14.3 Å². The first kappa shape index (κ1) is 16.9. The van der Waals surface area contributed by atoms with Gasteiger partial charge in [0.1, 0.15) is 5.71 Å². The number of aromatic nitrogens is 1. The van der Waals surface area contributed by atoms with E-state index in [0.717, 1.165) is 5.01 Å². The maximum Gasteiger partial charge on any atom is 0.354 e. The smallest absolute Gasteiger partial charge is 0.354 e. The molecule has 1 amide bonds. The molecule has 0 aromatic carbocycles. The Labute approximate surface area is 127 Å². The standard InChI is InChI=1S/C13H16ClN3O4/c1-4-20-13(19)9(2)16-17(3)11(18)8-21-10-6-5-7-15-12(10)14/h5-7H,4,8H2,1-3H3. The molecular weight excluding hydrogens is 298 g/mol. The van der Waals surface area contributed by atoms with Crippen molar-refractivity contribution in [1.82, 2.24) is 9.99 Å². The number of esters is 1. The van der Waals surface area contributed by atoms with Gasteiger partial charge in [-0.15, -0.1) is 0 Å². The molecule has 8 heteroatoms. The van der Waals surface area contributed by atoms with Gasteiger partial charge in [0.05, 0.1) is 6.61 Å². The van der Waals surface area contributed by atoms with Crippen LogP contribution in [0.1, 0.15) is 13.8 Å². The minimum atomic E-state index is -0.576. The van der Waals surface area contributed by atoms with E-state index in [1.807, 2.05) is 0 Å². The third-order valence-electron chi connectivity index (χ3n) is 2.31. The zero-order valence-electron chi connectivity index (χ0n) is 12.0. The van der Waals surface area contributed by atoms with E-state index in [4.69, 9.17) is 21.1 Å². The Morgan fingerprint density at radius 2 is 2.19 bits per heavy atom. The van der Waals surface area contributed by atoms with E-state index in [1.165, 1.54) is 20.2 Å². The van der Waals surface area contributed by atoms with Crippen LogP contribution in [0.4, 0.5) is 0 Å². The van der Waals surface area contributed by atoms with Crippen molar-refractivity contribution in [3.63, 3.8) is 0 Å². The first-order chi connectivity index (χ1) is 9.95. The number of nitrogens with zero attached hydrogens (tertiary/aromatic N) is 3. The number of carbonyl (C=O) groups is 2. The number of ether oxygens (including phenoxy) is 2. The second-order valence-corrected chi connectivity index (χ2v) is 4.26. The van der Waals surface area contributed by atoms with Crippen LogP contribution in [-0.4, -0.2) is 47.8 Å². The Balaban J connectivity index is 2.57. The van der Waals surface area contributed by atoms with E-state index in [2.05, 4.69) is 10.1 Å². The summed E-state index contributed by atoms with van der Waals surface area (Å²) in [4.78, 5) is 27.0. The maximum absolute atomic E-state index is 11.8. The molecule has 114 valence electrons. The minimum absolute atomic E-state index is 0.0760. The fourth-order valence-electron chi connectivity index (χ4n) is 1.27. The number of halogens is 1. The Morgan fingerprint density at radius 3 is 2.81 bits per heavy atom. The predicted octanol–water partition coefficient (Wildman–Crippen LogP) is 1.51. The highest BCUT2D eigenvalue weighted by Gasteiger charge is 2.13. The summed E-state index contributed by atoms with van der Waals surface area (Å²) in [5.74, 6) is -0.723. The SMILES string of the molecule is CCOC(=O)C(C)=NN(C)C(=O)COc1cccnc1Cl. The van der Waals surface area contributed by atoms with Gasteiger partial charge in [0, 0.05) is 13.2 Å². The molecule has 0 saturated carbocycles. The van der Waals surface area contributed by atoms with Crippen molar-refractivity contribution in [1.29, 1.82) is 0 Å². The lowest BCUT2D eigenvalue weighted by Crippen LogP contribution is -2.29. The van der Waals surface area contributed by atoms with Crippen LogP contribution in [0, 0.1) is 0 Å². The highest BCUT2D eigenvalue weighted by Crippen LogP contribution is 2.20. The monoisotopic (exact) mass is 313 g/mol. The number of hydrogen-bond acceptors (Lipinski definition) is 6. The lowest BCUT2D eigenvalue weighted by atomic mass is 10.4. The molecule has 7 nitrogen and oxygen atoms in total. The highest BCUT2D eigenvalue weighted by molar-refractivity contribution is 6.35. The summed E-state index contributed by atoms with van der Waals surface area (Å²) in [5.41, 5.74) is 0.0760. The lowest BCUT2D eigenvalue weighted by Gasteiger charge is -2.13. The summed E-state index contributed by atoms with van der Waals surface area (Å²) >= 11 is 5.80. The number of hydrazone groups is 1. The van der Waals surface area contributed by atoms with Gasteiger partial charge in [0.25, 0.3) is 5.91 Å². The molecule has 0 aliphatic rings. The number of amides is 1. The topological polar surface area (TPSA) is 81.1 Å². The molecule has 0 fully saturated rings. The Kier molecular flexibility index (Phi) is 6.61. The van der Waals surface area contributed by atoms with Crippen LogP contribution >= 0.6 is 11.6 Å². The van der Waals surface area contributed by atoms with Gasteiger partial charge < -0.3 is 9.47 Å². The van der Waals surface area contributed by atoms with Gasteiger partial charge in [-0.3, -0.25) is 4.79 Å². The molecule has 0 bridgehead atoms. The predicted molar refractivity (Wildman–Crippen MR) is 77.3 cm³/mol. The summed E-state index contributed by atoms with van der Waals surface area (Å²) in [6.07, 6.45) is 1.51. The molecule has 0 N–H and O–H groups in total. The first-order valence-corrected chi connectivity index (χ1v) is 6.55. The molecule has 1 aromatic heterocycles. The third-order valence-corrected chi connectivity index (χ3v) is 2.59. The van der Waals surface area contributed by atoms with Gasteiger partial charge in [-0.25, -0.2) is 14.8 Å². The van der Waals surface area contributed by atoms with Gasteiger partial charge in [0.15, 0.2) is 17.5 Å². The molecule has 0 aliphatic carbocycles. The quantitative estimate of drug-likeness (QED) is 0.344. The molecule has 0 radical (unpaired) electrons. The van der Waals surface area contributed by atoms with Gasteiger partial charge >= 0.3 is 5.97 Å². The molecular formula is C13H16ClN3O4. The highest BCUT2D eigenvalue weighted by atomic mass is 35.5. The van der Waals surface area contributed by atoms with E-state index >= 15 is 0 Å². The van der Waals surface area contributed by atoms with Crippen molar-refractivity contribution in [3.05, 3.63) is 23.5 Å². The number of rotatable bonds is 6. The Bertz CT molecular complexity index is 548. The molecule has 0 aliphatic heterocycles. The van der Waals surface area contributed by atoms with Gasteiger partial charge in [-0.2, -0.15) is 5.10 Å². The lowest BCUT2D eigenvalue weighted by molar-refractivity contribution is -0.135. The number of pyridine rings is 1.